The van der Waals surface area contributed by atoms with E-state index in [1.165, 1.54) is 0 Å². The van der Waals surface area contributed by atoms with E-state index in [1.807, 2.05) is 0 Å². The number of carbonyl (C=O) groups is 1. The molecule has 0 heterocycles. The van der Waals surface area contributed by atoms with Crippen molar-refractivity contribution in [2.24, 2.45) is 0 Å². The molecule has 0 aliphatic heterocycles. The summed E-state index contributed by atoms with van der Waals surface area (Å²) in [6.07, 6.45) is -8.31. The van der Waals surface area contributed by atoms with Crippen molar-refractivity contribution < 1.29 is 137 Å². The van der Waals surface area contributed by atoms with Gasteiger partial charge in [-0.05, 0) is 6.92 Å². The lowest BCUT2D eigenvalue weighted by Crippen LogP contribution is -2.79. The number of carbonyl (C=O) groups excluding carboxylic acids is 1. The molecule has 0 amide bonds. The van der Waals surface area contributed by atoms with Gasteiger partial charge in [0.2, 0.25) is 0 Å². The van der Waals surface area contributed by atoms with Crippen molar-refractivity contribution in [1.29, 1.82) is 0 Å². The molecule has 0 saturated heterocycles. The van der Waals surface area contributed by atoms with E-state index >= 15 is 0 Å². The average Bonchev–Trinajstić information content (AvgIpc) is 2.90. The molecule has 0 bridgehead atoms. The molecule has 50 heavy (non-hydrogen) atoms. The Morgan fingerprint density at radius 2 is 0.560 bits per heavy atom. The van der Waals surface area contributed by atoms with Gasteiger partial charge in [0.1, 0.15) is 5.57 Å². The fraction of sp³-hybridized carbons (Fsp3) is 0.842. The van der Waals surface area contributed by atoms with Gasteiger partial charge < -0.3 is 4.74 Å². The Hall–Kier alpha value is -2.82. The van der Waals surface area contributed by atoms with E-state index in [9.17, 15) is 132 Å². The third-order valence-corrected chi connectivity index (χ3v) is 5.99. The summed E-state index contributed by atoms with van der Waals surface area (Å²) in [7, 11) is 0. The second-order valence-corrected chi connectivity index (χ2v) is 9.16. The Balaban J connectivity index is 7.59. The van der Waals surface area contributed by atoms with Crippen LogP contribution in [-0.4, -0.2) is 95.7 Å². The zero-order valence-electron chi connectivity index (χ0n) is 22.2. The first-order valence-corrected chi connectivity index (χ1v) is 11.0. The van der Waals surface area contributed by atoms with Crippen LogP contribution in [0.15, 0.2) is 12.2 Å². The molecule has 0 N–H and O–H groups in total. The van der Waals surface area contributed by atoms with Crippen molar-refractivity contribution in [3.05, 3.63) is 12.2 Å². The predicted molar refractivity (Wildman–Crippen MR) is 96.1 cm³/mol. The van der Waals surface area contributed by atoms with E-state index in [-0.39, 0.29) is 0 Å². The van der Waals surface area contributed by atoms with Gasteiger partial charge in [0.15, 0.2) is 0 Å². The van der Waals surface area contributed by atoms with Crippen molar-refractivity contribution >= 4 is 5.97 Å². The highest BCUT2D eigenvalue weighted by atomic mass is 19.4. The summed E-state index contributed by atoms with van der Waals surface area (Å²) in [5.41, 5.74) is -3.48. The van der Waals surface area contributed by atoms with E-state index in [2.05, 4.69) is 4.74 Å². The first-order valence-electron chi connectivity index (χ1n) is 11.0. The van der Waals surface area contributed by atoms with Crippen LogP contribution in [0.2, 0.25) is 0 Å². The Kier molecular flexibility index (Phi) is 11.2. The number of hydrogen-bond acceptors (Lipinski definition) is 2. The normalized spacial score (nSPS) is 16.4. The maximum Gasteiger partial charge on any atom is 0.460 e. The third-order valence-electron chi connectivity index (χ3n) is 5.99. The molecule has 31 heteroatoms. The molecule has 0 radical (unpaired) electrons. The minimum Gasteiger partial charge on any atom is -0.462 e. The summed E-state index contributed by atoms with van der Waals surface area (Å²) in [5, 5.41) is 0. The van der Waals surface area contributed by atoms with Crippen molar-refractivity contribution in [2.75, 3.05) is 6.61 Å². The fourth-order valence-corrected chi connectivity index (χ4v) is 2.88. The van der Waals surface area contributed by atoms with E-state index < -0.39 is 101 Å². The summed E-state index contributed by atoms with van der Waals surface area (Å²) in [6.45, 7) is 0.954. The van der Waals surface area contributed by atoms with Gasteiger partial charge in [-0.2, -0.15) is 127 Å². The lowest BCUT2D eigenvalue weighted by molar-refractivity contribution is -0.486. The van der Waals surface area contributed by atoms with E-state index in [0.717, 1.165) is 0 Å². The van der Waals surface area contributed by atoms with Crippen LogP contribution in [0.25, 0.3) is 0 Å². The highest BCUT2D eigenvalue weighted by Gasteiger charge is 3.01. The minimum atomic E-state index is -9.99. The predicted octanol–water partition coefficient (Wildman–Crippen LogP) is 9.93. The molecule has 0 atom stereocenters. The fourth-order valence-electron chi connectivity index (χ4n) is 2.88. The Morgan fingerprint density at radius 3 is 0.740 bits per heavy atom. The number of halogens is 29. The van der Waals surface area contributed by atoms with Gasteiger partial charge in [-0.1, -0.05) is 6.58 Å². The van der Waals surface area contributed by atoms with Gasteiger partial charge in [-0.15, -0.1) is 0 Å². The van der Waals surface area contributed by atoms with Crippen molar-refractivity contribution in [3.63, 3.8) is 0 Å². The van der Waals surface area contributed by atoms with Crippen LogP contribution < -0.4 is 0 Å². The first kappa shape index (κ1) is 47.2. The Labute approximate surface area is 253 Å². The third kappa shape index (κ3) is 5.45. The van der Waals surface area contributed by atoms with Crippen molar-refractivity contribution in [1.82, 2.24) is 0 Å². The highest BCUT2D eigenvalue weighted by Crippen LogP contribution is 2.69. The Bertz CT molecular complexity index is 1290. The molecule has 0 spiro atoms. The van der Waals surface area contributed by atoms with Gasteiger partial charge >= 0.3 is 89.1 Å². The molecular formula is C19H7F29O2. The van der Waals surface area contributed by atoms with Gasteiger partial charge in [-0.3, -0.25) is 0 Å². The van der Waals surface area contributed by atoms with Crippen LogP contribution in [0, 0.1) is 0 Å². The monoisotopic (exact) mass is 818 g/mol. The number of alkyl halides is 29. The lowest BCUT2D eigenvalue weighted by atomic mass is 9.83. The number of hydrogen-bond donors (Lipinski definition) is 0. The van der Waals surface area contributed by atoms with Crippen LogP contribution >= 0.6 is 0 Å². The van der Waals surface area contributed by atoms with Crippen LogP contribution in [0.5, 0.6) is 0 Å². The standard InChI is InChI=1S/C19H7F29O2/c1-3-50-5(49)4(2)6(20,21)7(22,23)8(24,25)9(26,27)10(28,29)11(30,31)12(32,33)13(34,35)14(36,37)15(38,39)16(40,41)17(42,43)18(44,45)19(46,47)48/h2-3H2,1H3. The van der Waals surface area contributed by atoms with Gasteiger partial charge in [0, 0.05) is 0 Å². The molecule has 0 unspecified atom stereocenters. The molecule has 0 aromatic rings. The summed E-state index contributed by atoms with van der Waals surface area (Å²) in [4.78, 5) is 11.1. The topological polar surface area (TPSA) is 26.3 Å². The van der Waals surface area contributed by atoms with Crippen LogP contribution in [0.1, 0.15) is 6.92 Å². The molecule has 0 aromatic heterocycles. The van der Waals surface area contributed by atoms with Gasteiger partial charge in [0.05, 0.1) is 6.61 Å². The summed E-state index contributed by atoms with van der Waals surface area (Å²) in [6, 6.07) is 0. The van der Waals surface area contributed by atoms with Crippen LogP contribution in [0.4, 0.5) is 127 Å². The highest BCUT2D eigenvalue weighted by molar-refractivity contribution is 5.90. The molecule has 0 saturated carbocycles. The molecular weight excluding hydrogens is 811 g/mol. The lowest BCUT2D eigenvalue weighted by Gasteiger charge is -2.46. The average molecular weight is 818 g/mol. The van der Waals surface area contributed by atoms with Crippen LogP contribution in [0.3, 0.4) is 0 Å². The molecule has 2 nitrogen and oxygen atoms in total. The second-order valence-electron chi connectivity index (χ2n) is 9.16. The van der Waals surface area contributed by atoms with Crippen LogP contribution in [-0.2, 0) is 9.53 Å². The quantitative estimate of drug-likeness (QED) is 0.0935. The minimum absolute atomic E-state index is 0.590. The molecule has 0 aliphatic carbocycles. The number of esters is 1. The molecule has 0 rings (SSSR count). The van der Waals surface area contributed by atoms with Gasteiger partial charge in [0.25, 0.3) is 0 Å². The second kappa shape index (κ2) is 11.9. The molecule has 298 valence electrons. The zero-order chi connectivity index (χ0) is 41.6. The van der Waals surface area contributed by atoms with Crippen molar-refractivity contribution in [2.45, 2.75) is 90.1 Å². The van der Waals surface area contributed by atoms with Gasteiger partial charge in [-0.25, -0.2) is 4.79 Å². The number of ether oxygens (including phenoxy) is 1. The summed E-state index contributed by atoms with van der Waals surface area (Å²) >= 11 is 0. The molecule has 0 aliphatic rings. The smallest absolute Gasteiger partial charge is 0.460 e. The van der Waals surface area contributed by atoms with E-state index in [4.69, 9.17) is 0 Å². The molecule has 0 fully saturated rings. The summed E-state index contributed by atoms with van der Waals surface area (Å²) in [5.74, 6) is -125. The first-order chi connectivity index (χ1) is 21.1. The SMILES string of the molecule is C=C(C(=O)OCC)C(F)(F)C(F)(F)C(F)(F)C(F)(F)C(F)(F)C(F)(F)C(F)(F)C(F)(F)C(F)(F)C(F)(F)C(F)(F)C(F)(F)C(F)(F)C(F)(F)F. The van der Waals surface area contributed by atoms with E-state index in [1.54, 1.807) is 6.58 Å². The van der Waals surface area contributed by atoms with Crippen molar-refractivity contribution in [3.8, 4) is 0 Å². The summed E-state index contributed by atoms with van der Waals surface area (Å²) < 4.78 is 395. The molecule has 0 aromatic carbocycles. The van der Waals surface area contributed by atoms with E-state index in [0.29, 0.717) is 6.92 Å². The number of rotatable bonds is 15. The zero-order valence-corrected chi connectivity index (χ0v) is 22.2. The maximum absolute atomic E-state index is 13.9. The maximum atomic E-state index is 13.9. The Morgan fingerprint density at radius 1 is 0.380 bits per heavy atom. The largest absolute Gasteiger partial charge is 0.462 e.